The Morgan fingerprint density at radius 3 is 2.48 bits per heavy atom. The van der Waals surface area contributed by atoms with E-state index in [0.29, 0.717) is 6.42 Å². The quantitative estimate of drug-likeness (QED) is 0.804. The number of rotatable bonds is 7. The Bertz CT molecular complexity index is 533. The molecule has 0 bridgehead atoms. The van der Waals surface area contributed by atoms with Crippen LogP contribution in [0.5, 0.6) is 11.5 Å². The van der Waals surface area contributed by atoms with Crippen LogP contribution in [-0.2, 0) is 4.79 Å². The summed E-state index contributed by atoms with van der Waals surface area (Å²) >= 11 is 0. The zero-order valence-corrected chi connectivity index (χ0v) is 13.2. The molecule has 8 heteroatoms. The molecule has 0 aliphatic rings. The Balaban J connectivity index is 2.82. The monoisotopic (exact) mass is 334 g/mol. The predicted molar refractivity (Wildman–Crippen MR) is 80.6 cm³/mol. The number of methoxy groups -OCH3 is 1. The summed E-state index contributed by atoms with van der Waals surface area (Å²) in [4.78, 5) is 11.9. The number of alkyl halides is 3. The van der Waals surface area contributed by atoms with E-state index in [9.17, 15) is 18.0 Å². The average molecular weight is 334 g/mol. The molecule has 1 rings (SSSR count). The molecule has 1 atom stereocenters. The molecule has 5 nitrogen and oxygen atoms in total. The third kappa shape index (κ3) is 6.77. The molecule has 0 heterocycles. The van der Waals surface area contributed by atoms with Crippen molar-refractivity contribution in [2.24, 2.45) is 11.7 Å². The highest BCUT2D eigenvalue weighted by Gasteiger charge is 2.29. The lowest BCUT2D eigenvalue weighted by Crippen LogP contribution is -2.36. The van der Waals surface area contributed by atoms with Crippen LogP contribution in [0.3, 0.4) is 0 Å². The van der Waals surface area contributed by atoms with Crippen LogP contribution < -0.4 is 20.5 Å². The van der Waals surface area contributed by atoms with Gasteiger partial charge in [-0.2, -0.15) is 13.2 Å². The zero-order chi connectivity index (χ0) is 17.6. The van der Waals surface area contributed by atoms with Crippen LogP contribution in [0.1, 0.15) is 20.3 Å². The molecule has 1 aromatic rings. The molecule has 0 unspecified atom stereocenters. The van der Waals surface area contributed by atoms with Gasteiger partial charge in [-0.05, 0) is 24.5 Å². The van der Waals surface area contributed by atoms with Gasteiger partial charge < -0.3 is 20.5 Å². The Morgan fingerprint density at radius 1 is 1.30 bits per heavy atom. The number of ether oxygens (including phenoxy) is 2. The van der Waals surface area contributed by atoms with Crippen molar-refractivity contribution < 1.29 is 27.4 Å². The van der Waals surface area contributed by atoms with Gasteiger partial charge in [-0.25, -0.2) is 0 Å². The first-order valence-electron chi connectivity index (χ1n) is 7.06. The second-order valence-electron chi connectivity index (χ2n) is 5.49. The maximum absolute atomic E-state index is 12.3. The van der Waals surface area contributed by atoms with Gasteiger partial charge in [0, 0.05) is 11.8 Å². The number of nitrogens with one attached hydrogen (secondary N) is 1. The highest BCUT2D eigenvalue weighted by atomic mass is 19.4. The molecule has 3 N–H and O–H groups in total. The fourth-order valence-corrected chi connectivity index (χ4v) is 1.88. The third-order valence-electron chi connectivity index (χ3n) is 2.88. The minimum Gasteiger partial charge on any atom is -0.493 e. The molecule has 0 fully saturated rings. The van der Waals surface area contributed by atoms with Crippen molar-refractivity contribution in [3.63, 3.8) is 0 Å². The number of carbonyl (C=O) groups is 1. The van der Waals surface area contributed by atoms with Crippen LogP contribution in [0.4, 0.5) is 18.9 Å². The number of hydrogen-bond donors (Lipinski definition) is 2. The molecule has 23 heavy (non-hydrogen) atoms. The zero-order valence-electron chi connectivity index (χ0n) is 13.2. The first kappa shape index (κ1) is 19.1. The Kier molecular flexibility index (Phi) is 6.68. The minimum absolute atomic E-state index is 0.111. The van der Waals surface area contributed by atoms with E-state index >= 15 is 0 Å². The minimum atomic E-state index is -4.47. The van der Waals surface area contributed by atoms with Crippen LogP contribution in [-0.4, -0.2) is 31.8 Å². The molecule has 1 amide bonds. The SMILES string of the molecule is COc1ccc(NC(=O)[C@@H](N)CC(C)C)cc1OCC(F)(F)F. The average Bonchev–Trinajstić information content (AvgIpc) is 2.43. The van der Waals surface area contributed by atoms with E-state index < -0.39 is 24.7 Å². The lowest BCUT2D eigenvalue weighted by atomic mass is 10.0. The summed E-state index contributed by atoms with van der Waals surface area (Å²) in [6, 6.07) is 3.48. The van der Waals surface area contributed by atoms with Gasteiger partial charge in [0.1, 0.15) is 0 Å². The van der Waals surface area contributed by atoms with Gasteiger partial charge in [-0.1, -0.05) is 13.8 Å². The first-order valence-corrected chi connectivity index (χ1v) is 7.06. The maximum Gasteiger partial charge on any atom is 0.422 e. The Morgan fingerprint density at radius 2 is 1.96 bits per heavy atom. The van der Waals surface area contributed by atoms with Crippen molar-refractivity contribution in [3.05, 3.63) is 18.2 Å². The molecule has 0 aliphatic heterocycles. The topological polar surface area (TPSA) is 73.6 Å². The number of carbonyl (C=O) groups excluding carboxylic acids is 1. The van der Waals surface area contributed by atoms with E-state index in [-0.39, 0.29) is 23.1 Å². The van der Waals surface area contributed by atoms with Crippen molar-refractivity contribution in [1.82, 2.24) is 0 Å². The highest BCUT2D eigenvalue weighted by molar-refractivity contribution is 5.94. The second kappa shape index (κ2) is 8.05. The van der Waals surface area contributed by atoms with Crippen LogP contribution in [0.2, 0.25) is 0 Å². The number of anilines is 1. The van der Waals surface area contributed by atoms with Crippen LogP contribution in [0.15, 0.2) is 18.2 Å². The number of halogens is 3. The molecule has 1 aromatic carbocycles. The molecule has 0 saturated heterocycles. The number of hydrogen-bond acceptors (Lipinski definition) is 4. The van der Waals surface area contributed by atoms with E-state index in [4.69, 9.17) is 15.2 Å². The molecule has 0 aromatic heterocycles. The van der Waals surface area contributed by atoms with Gasteiger partial charge in [0.2, 0.25) is 5.91 Å². The van der Waals surface area contributed by atoms with Gasteiger partial charge in [0.25, 0.3) is 0 Å². The highest BCUT2D eigenvalue weighted by Crippen LogP contribution is 2.31. The van der Waals surface area contributed by atoms with E-state index in [1.54, 1.807) is 0 Å². The largest absolute Gasteiger partial charge is 0.493 e. The number of benzene rings is 1. The second-order valence-corrected chi connectivity index (χ2v) is 5.49. The molecule has 0 spiro atoms. The molecule has 0 aliphatic carbocycles. The maximum atomic E-state index is 12.3. The van der Waals surface area contributed by atoms with E-state index in [2.05, 4.69) is 5.32 Å². The van der Waals surface area contributed by atoms with Gasteiger partial charge in [-0.3, -0.25) is 4.79 Å². The van der Waals surface area contributed by atoms with Crippen LogP contribution >= 0.6 is 0 Å². The van der Waals surface area contributed by atoms with Gasteiger partial charge in [0.05, 0.1) is 13.2 Å². The van der Waals surface area contributed by atoms with Crippen LogP contribution in [0, 0.1) is 5.92 Å². The summed E-state index contributed by atoms with van der Waals surface area (Å²) < 4.78 is 46.4. The molecular formula is C15H21F3N2O3. The van der Waals surface area contributed by atoms with Crippen molar-refractivity contribution in [3.8, 4) is 11.5 Å². The third-order valence-corrected chi connectivity index (χ3v) is 2.88. The van der Waals surface area contributed by atoms with Crippen molar-refractivity contribution >= 4 is 11.6 Å². The fourth-order valence-electron chi connectivity index (χ4n) is 1.88. The van der Waals surface area contributed by atoms with Gasteiger partial charge in [-0.15, -0.1) is 0 Å². The summed E-state index contributed by atoms with van der Waals surface area (Å²) in [5.74, 6) is -0.137. The molecular weight excluding hydrogens is 313 g/mol. The Labute approximate surface area is 132 Å². The number of amides is 1. The van der Waals surface area contributed by atoms with E-state index in [0.717, 1.165) is 0 Å². The van der Waals surface area contributed by atoms with E-state index in [1.165, 1.54) is 25.3 Å². The predicted octanol–water partition coefficient (Wildman–Crippen LogP) is 2.95. The Hall–Kier alpha value is -1.96. The van der Waals surface area contributed by atoms with E-state index in [1.807, 2.05) is 13.8 Å². The summed E-state index contributed by atoms with van der Waals surface area (Å²) in [5.41, 5.74) is 6.04. The van der Waals surface area contributed by atoms with Crippen LogP contribution in [0.25, 0.3) is 0 Å². The molecule has 0 saturated carbocycles. The summed E-state index contributed by atoms with van der Waals surface area (Å²) in [6.07, 6.45) is -3.97. The summed E-state index contributed by atoms with van der Waals surface area (Å²) in [5, 5.41) is 2.56. The smallest absolute Gasteiger partial charge is 0.422 e. The van der Waals surface area contributed by atoms with Gasteiger partial charge >= 0.3 is 6.18 Å². The lowest BCUT2D eigenvalue weighted by Gasteiger charge is -2.16. The van der Waals surface area contributed by atoms with Crippen molar-refractivity contribution in [2.45, 2.75) is 32.5 Å². The standard InChI is InChI=1S/C15H21F3N2O3/c1-9(2)6-11(19)14(21)20-10-4-5-12(22-3)13(7-10)23-8-15(16,17)18/h4-5,7,9,11H,6,8,19H2,1-3H3,(H,20,21)/t11-/m0/s1. The summed E-state index contributed by atoms with van der Waals surface area (Å²) in [6.45, 7) is 2.42. The van der Waals surface area contributed by atoms with Crippen molar-refractivity contribution in [1.29, 1.82) is 0 Å². The normalized spacial score (nSPS) is 12.9. The summed E-state index contributed by atoms with van der Waals surface area (Å²) in [7, 11) is 1.31. The van der Waals surface area contributed by atoms with Gasteiger partial charge in [0.15, 0.2) is 18.1 Å². The fraction of sp³-hybridized carbons (Fsp3) is 0.533. The number of nitrogens with two attached hydrogens (primary N) is 1. The molecule has 0 radical (unpaired) electrons. The van der Waals surface area contributed by atoms with Crippen molar-refractivity contribution in [2.75, 3.05) is 19.0 Å². The first-order chi connectivity index (χ1) is 10.6. The lowest BCUT2D eigenvalue weighted by molar-refractivity contribution is -0.153. The molecule has 130 valence electrons.